The van der Waals surface area contributed by atoms with Crippen molar-refractivity contribution in [3.8, 4) is 5.75 Å². The Kier molecular flexibility index (Phi) is 4.32. The number of alkyl halides is 3. The van der Waals surface area contributed by atoms with Gasteiger partial charge in [-0.25, -0.2) is 5.43 Å². The van der Waals surface area contributed by atoms with Crippen LogP contribution in [0.25, 0.3) is 0 Å². The summed E-state index contributed by atoms with van der Waals surface area (Å²) >= 11 is 1.46. The van der Waals surface area contributed by atoms with Crippen LogP contribution in [0.5, 0.6) is 5.75 Å². The molecule has 0 saturated heterocycles. The molecule has 7 heteroatoms. The number of hydrogen-bond acceptors (Lipinski definition) is 4. The van der Waals surface area contributed by atoms with E-state index >= 15 is 0 Å². The Balaban J connectivity index is 2.39. The Morgan fingerprint density at radius 1 is 1.20 bits per heavy atom. The fraction of sp³-hybridized carbons (Fsp3) is 0.231. The smallest absolute Gasteiger partial charge is 0.405 e. The van der Waals surface area contributed by atoms with Crippen LogP contribution in [0.15, 0.2) is 36.4 Å². The van der Waals surface area contributed by atoms with Gasteiger partial charge in [0.2, 0.25) is 0 Å². The topological polar surface area (TPSA) is 47.3 Å². The summed E-state index contributed by atoms with van der Waals surface area (Å²) < 4.78 is 41.3. The molecule has 0 bridgehead atoms. The molecule has 1 aromatic heterocycles. The van der Waals surface area contributed by atoms with Crippen LogP contribution in [-0.2, 0) is 0 Å². The number of hydrogen-bond donors (Lipinski definition) is 2. The highest BCUT2D eigenvalue weighted by Crippen LogP contribution is 2.35. The van der Waals surface area contributed by atoms with Gasteiger partial charge in [0.05, 0.1) is 6.04 Å². The maximum atomic E-state index is 12.4. The lowest BCUT2D eigenvalue weighted by atomic mass is 10.0. The van der Waals surface area contributed by atoms with Gasteiger partial charge in [-0.3, -0.25) is 5.84 Å². The van der Waals surface area contributed by atoms with Crippen molar-refractivity contribution in [2.24, 2.45) is 5.84 Å². The highest BCUT2D eigenvalue weighted by molar-refractivity contribution is 7.12. The number of ether oxygens (including phenoxy) is 1. The standard InChI is InChI=1S/C13H13F3N2OS/c1-8-6-7-11(20-8)12(18-17)9-4-2-3-5-10(9)19-13(14,15)16/h2-7,12,18H,17H2,1H3. The van der Waals surface area contributed by atoms with E-state index in [0.29, 0.717) is 5.56 Å². The number of benzene rings is 1. The van der Waals surface area contributed by atoms with Crippen LogP contribution >= 0.6 is 11.3 Å². The van der Waals surface area contributed by atoms with Crippen LogP contribution in [0, 0.1) is 6.92 Å². The molecular formula is C13H13F3N2OS. The zero-order chi connectivity index (χ0) is 14.8. The summed E-state index contributed by atoms with van der Waals surface area (Å²) in [5.41, 5.74) is 2.88. The molecule has 0 aliphatic heterocycles. The van der Waals surface area contributed by atoms with E-state index in [4.69, 9.17) is 5.84 Å². The molecule has 0 saturated carbocycles. The molecule has 108 valence electrons. The molecule has 3 nitrogen and oxygen atoms in total. The van der Waals surface area contributed by atoms with Gasteiger partial charge in [0, 0.05) is 15.3 Å². The van der Waals surface area contributed by atoms with E-state index in [0.717, 1.165) is 9.75 Å². The minimum absolute atomic E-state index is 0.256. The molecular weight excluding hydrogens is 289 g/mol. The average molecular weight is 302 g/mol. The molecule has 0 spiro atoms. The average Bonchev–Trinajstić information content (AvgIpc) is 2.77. The Hall–Kier alpha value is -1.57. The molecule has 0 fully saturated rings. The quantitative estimate of drug-likeness (QED) is 0.671. The van der Waals surface area contributed by atoms with Crippen molar-refractivity contribution in [2.45, 2.75) is 19.3 Å². The predicted molar refractivity (Wildman–Crippen MR) is 71.3 cm³/mol. The second kappa shape index (κ2) is 5.82. The first kappa shape index (κ1) is 14.8. The van der Waals surface area contributed by atoms with E-state index < -0.39 is 12.4 Å². The van der Waals surface area contributed by atoms with Gasteiger partial charge < -0.3 is 4.74 Å². The van der Waals surface area contributed by atoms with Gasteiger partial charge in [-0.1, -0.05) is 18.2 Å². The lowest BCUT2D eigenvalue weighted by Gasteiger charge is -2.19. The minimum atomic E-state index is -4.74. The van der Waals surface area contributed by atoms with Crippen LogP contribution < -0.4 is 16.0 Å². The van der Waals surface area contributed by atoms with Crippen LogP contribution in [0.4, 0.5) is 13.2 Å². The first-order chi connectivity index (χ1) is 9.40. The van der Waals surface area contributed by atoms with Crippen molar-refractivity contribution in [2.75, 3.05) is 0 Å². The molecule has 2 rings (SSSR count). The number of nitrogens with one attached hydrogen (secondary N) is 1. The van der Waals surface area contributed by atoms with E-state index in [1.54, 1.807) is 12.1 Å². The second-order valence-corrected chi connectivity index (χ2v) is 5.45. The SMILES string of the molecule is Cc1ccc(C(NN)c2ccccc2OC(F)(F)F)s1. The number of hydrazine groups is 1. The third kappa shape index (κ3) is 3.50. The summed E-state index contributed by atoms with van der Waals surface area (Å²) in [7, 11) is 0. The maximum Gasteiger partial charge on any atom is 0.573 e. The number of thiophene rings is 1. The Bertz CT molecular complexity index is 583. The van der Waals surface area contributed by atoms with E-state index in [1.807, 2.05) is 19.1 Å². The van der Waals surface area contributed by atoms with E-state index in [-0.39, 0.29) is 5.75 Å². The molecule has 1 atom stereocenters. The molecule has 1 unspecified atom stereocenters. The van der Waals surface area contributed by atoms with Crippen molar-refractivity contribution in [1.82, 2.24) is 5.43 Å². The van der Waals surface area contributed by atoms with E-state index in [1.165, 1.54) is 23.5 Å². The predicted octanol–water partition coefficient (Wildman–Crippen LogP) is 3.51. The zero-order valence-electron chi connectivity index (χ0n) is 10.6. The summed E-state index contributed by atoms with van der Waals surface area (Å²) in [4.78, 5) is 1.87. The maximum absolute atomic E-state index is 12.4. The van der Waals surface area contributed by atoms with Gasteiger partial charge >= 0.3 is 6.36 Å². The van der Waals surface area contributed by atoms with Crippen molar-refractivity contribution >= 4 is 11.3 Å². The largest absolute Gasteiger partial charge is 0.573 e. The van der Waals surface area contributed by atoms with E-state index in [9.17, 15) is 13.2 Å². The Labute approximate surface area is 118 Å². The molecule has 0 amide bonds. The highest BCUT2D eigenvalue weighted by Gasteiger charge is 2.33. The number of para-hydroxylation sites is 1. The van der Waals surface area contributed by atoms with Crippen LogP contribution in [0.1, 0.15) is 21.4 Å². The molecule has 3 N–H and O–H groups in total. The molecule has 0 aliphatic rings. The molecule has 1 heterocycles. The number of nitrogens with two attached hydrogens (primary N) is 1. The number of rotatable bonds is 4. The van der Waals surface area contributed by atoms with Crippen LogP contribution in [0.3, 0.4) is 0 Å². The van der Waals surface area contributed by atoms with Gasteiger partial charge in [-0.2, -0.15) is 0 Å². The normalized spacial score (nSPS) is 13.2. The van der Waals surface area contributed by atoms with Crippen molar-refractivity contribution in [1.29, 1.82) is 0 Å². The Morgan fingerprint density at radius 2 is 1.90 bits per heavy atom. The van der Waals surface area contributed by atoms with Gasteiger partial charge in [-0.05, 0) is 25.1 Å². The van der Waals surface area contributed by atoms with Gasteiger partial charge in [0.25, 0.3) is 0 Å². The molecule has 20 heavy (non-hydrogen) atoms. The molecule has 0 radical (unpaired) electrons. The fourth-order valence-corrected chi connectivity index (χ4v) is 2.83. The van der Waals surface area contributed by atoms with Crippen LogP contribution in [-0.4, -0.2) is 6.36 Å². The third-order valence-electron chi connectivity index (χ3n) is 2.67. The minimum Gasteiger partial charge on any atom is -0.405 e. The number of aryl methyl sites for hydroxylation is 1. The van der Waals surface area contributed by atoms with Crippen molar-refractivity contribution in [3.63, 3.8) is 0 Å². The highest BCUT2D eigenvalue weighted by atomic mass is 32.1. The number of halogens is 3. The zero-order valence-corrected chi connectivity index (χ0v) is 11.4. The second-order valence-electron chi connectivity index (χ2n) is 4.13. The van der Waals surface area contributed by atoms with Crippen molar-refractivity contribution < 1.29 is 17.9 Å². The summed E-state index contributed by atoms with van der Waals surface area (Å²) in [6.45, 7) is 1.92. The Morgan fingerprint density at radius 3 is 2.45 bits per heavy atom. The summed E-state index contributed by atoms with van der Waals surface area (Å²) in [5.74, 6) is 5.24. The molecule has 2 aromatic rings. The summed E-state index contributed by atoms with van der Waals surface area (Å²) in [6.07, 6.45) is -4.74. The van der Waals surface area contributed by atoms with Gasteiger partial charge in [0.15, 0.2) is 0 Å². The lowest BCUT2D eigenvalue weighted by molar-refractivity contribution is -0.275. The first-order valence-corrected chi connectivity index (χ1v) is 6.59. The van der Waals surface area contributed by atoms with Crippen molar-refractivity contribution in [3.05, 3.63) is 51.7 Å². The molecule has 0 aliphatic carbocycles. The summed E-state index contributed by atoms with van der Waals surface area (Å²) in [5, 5.41) is 0. The first-order valence-electron chi connectivity index (χ1n) is 5.78. The van der Waals surface area contributed by atoms with Crippen LogP contribution in [0.2, 0.25) is 0 Å². The van der Waals surface area contributed by atoms with Gasteiger partial charge in [0.1, 0.15) is 5.75 Å². The lowest BCUT2D eigenvalue weighted by Crippen LogP contribution is -2.29. The van der Waals surface area contributed by atoms with E-state index in [2.05, 4.69) is 10.2 Å². The third-order valence-corrected chi connectivity index (χ3v) is 3.73. The summed E-state index contributed by atoms with van der Waals surface area (Å²) in [6, 6.07) is 9.12. The van der Waals surface area contributed by atoms with Gasteiger partial charge in [-0.15, -0.1) is 24.5 Å². The fourth-order valence-electron chi connectivity index (χ4n) is 1.87. The monoisotopic (exact) mass is 302 g/mol. The molecule has 1 aromatic carbocycles.